The molecule has 3 heteroatoms. The van der Waals surface area contributed by atoms with Gasteiger partial charge in [0, 0.05) is 5.75 Å². The number of hydrogen-bond donors (Lipinski definition) is 2. The van der Waals surface area contributed by atoms with Crippen molar-refractivity contribution in [2.45, 2.75) is 5.75 Å². The Labute approximate surface area is 64.5 Å². The minimum Gasteiger partial charge on any atom is -0.396 e. The van der Waals surface area contributed by atoms with E-state index in [4.69, 9.17) is 5.73 Å². The number of thiol groups is 1. The minimum atomic E-state index is -0.370. The zero-order chi connectivity index (χ0) is 7.56. The number of nitrogens with two attached hydrogens (primary N) is 1. The van der Waals surface area contributed by atoms with Crippen LogP contribution in [0.1, 0.15) is 5.56 Å². The molecule has 54 valence electrons. The molecule has 0 atom stereocenters. The van der Waals surface area contributed by atoms with Crippen molar-refractivity contribution in [1.29, 1.82) is 0 Å². The Morgan fingerprint density at radius 1 is 1.50 bits per heavy atom. The van der Waals surface area contributed by atoms with Gasteiger partial charge < -0.3 is 5.73 Å². The van der Waals surface area contributed by atoms with Crippen molar-refractivity contribution >= 4 is 18.3 Å². The molecule has 1 rings (SSSR count). The molecule has 0 aliphatic rings. The molecule has 0 spiro atoms. The number of benzene rings is 1. The Bertz CT molecular complexity index is 237. The first kappa shape index (κ1) is 7.41. The lowest BCUT2D eigenvalue weighted by Crippen LogP contribution is -1.91. The van der Waals surface area contributed by atoms with E-state index in [-0.39, 0.29) is 11.5 Å². The smallest absolute Gasteiger partial charge is 0.146 e. The van der Waals surface area contributed by atoms with Crippen LogP contribution in [0.15, 0.2) is 18.2 Å². The van der Waals surface area contributed by atoms with Gasteiger partial charge in [-0.2, -0.15) is 12.6 Å². The molecule has 0 heterocycles. The second kappa shape index (κ2) is 2.92. The lowest BCUT2D eigenvalue weighted by atomic mass is 10.2. The van der Waals surface area contributed by atoms with Gasteiger partial charge in [-0.05, 0) is 17.7 Å². The molecule has 0 aliphatic heterocycles. The molecule has 10 heavy (non-hydrogen) atoms. The molecule has 0 radical (unpaired) electrons. The van der Waals surface area contributed by atoms with Gasteiger partial charge in [0.1, 0.15) is 5.82 Å². The third kappa shape index (κ3) is 1.42. The van der Waals surface area contributed by atoms with E-state index in [1.807, 2.05) is 0 Å². The maximum atomic E-state index is 12.5. The van der Waals surface area contributed by atoms with E-state index in [9.17, 15) is 4.39 Å². The number of halogens is 1. The Balaban J connectivity index is 3.04. The molecular weight excluding hydrogens is 149 g/mol. The molecule has 1 aromatic rings. The largest absolute Gasteiger partial charge is 0.396 e. The molecular formula is C7H8FNS. The van der Waals surface area contributed by atoms with Crippen LogP contribution < -0.4 is 5.73 Å². The Morgan fingerprint density at radius 3 is 2.70 bits per heavy atom. The fraction of sp³-hybridized carbons (Fsp3) is 0.143. The van der Waals surface area contributed by atoms with Crippen LogP contribution >= 0.6 is 12.6 Å². The van der Waals surface area contributed by atoms with Gasteiger partial charge in [0.2, 0.25) is 0 Å². The standard InChI is InChI=1S/C7H8FNS/c8-6-2-1-5(4-10)3-7(6)9/h1-3,10H,4,9H2. The second-order valence-electron chi connectivity index (χ2n) is 2.01. The van der Waals surface area contributed by atoms with Crippen LogP contribution in [0, 0.1) is 5.82 Å². The SMILES string of the molecule is Nc1cc(CS)ccc1F. The van der Waals surface area contributed by atoms with Crippen molar-refractivity contribution in [3.63, 3.8) is 0 Å². The van der Waals surface area contributed by atoms with E-state index in [1.165, 1.54) is 6.07 Å². The van der Waals surface area contributed by atoms with E-state index in [0.717, 1.165) is 5.56 Å². The maximum Gasteiger partial charge on any atom is 0.146 e. The first-order valence-corrected chi connectivity index (χ1v) is 3.52. The van der Waals surface area contributed by atoms with E-state index < -0.39 is 0 Å². The topological polar surface area (TPSA) is 26.0 Å². The van der Waals surface area contributed by atoms with Crippen LogP contribution in [0.3, 0.4) is 0 Å². The predicted molar refractivity (Wildman–Crippen MR) is 43.5 cm³/mol. The van der Waals surface area contributed by atoms with E-state index in [0.29, 0.717) is 5.75 Å². The second-order valence-corrected chi connectivity index (χ2v) is 2.33. The molecule has 0 amide bonds. The highest BCUT2D eigenvalue weighted by molar-refractivity contribution is 7.79. The summed E-state index contributed by atoms with van der Waals surface area (Å²) in [5.74, 6) is 0.218. The van der Waals surface area contributed by atoms with Crippen LogP contribution in [-0.2, 0) is 5.75 Å². The highest BCUT2D eigenvalue weighted by atomic mass is 32.1. The monoisotopic (exact) mass is 157 g/mol. The highest BCUT2D eigenvalue weighted by Gasteiger charge is 1.96. The first-order valence-electron chi connectivity index (χ1n) is 2.89. The Hall–Kier alpha value is -0.700. The number of rotatable bonds is 1. The van der Waals surface area contributed by atoms with Crippen LogP contribution in [0.25, 0.3) is 0 Å². The predicted octanol–water partition coefficient (Wildman–Crippen LogP) is 1.84. The number of anilines is 1. The van der Waals surface area contributed by atoms with E-state index >= 15 is 0 Å². The molecule has 1 aromatic carbocycles. The fourth-order valence-electron chi connectivity index (χ4n) is 0.692. The summed E-state index contributed by atoms with van der Waals surface area (Å²) < 4.78 is 12.5. The van der Waals surface area contributed by atoms with Gasteiger partial charge >= 0.3 is 0 Å². The van der Waals surface area contributed by atoms with Crippen molar-refractivity contribution < 1.29 is 4.39 Å². The van der Waals surface area contributed by atoms with Crippen molar-refractivity contribution in [2.24, 2.45) is 0 Å². The number of nitrogen functional groups attached to an aromatic ring is 1. The molecule has 0 saturated heterocycles. The molecule has 0 unspecified atom stereocenters. The summed E-state index contributed by atoms with van der Waals surface area (Å²) >= 11 is 4.01. The first-order chi connectivity index (χ1) is 4.74. The minimum absolute atomic E-state index is 0.187. The van der Waals surface area contributed by atoms with Crippen LogP contribution in [0.4, 0.5) is 10.1 Å². The van der Waals surface area contributed by atoms with Crippen molar-refractivity contribution in [2.75, 3.05) is 5.73 Å². The summed E-state index contributed by atoms with van der Waals surface area (Å²) in [6, 6.07) is 4.60. The third-order valence-corrected chi connectivity index (χ3v) is 1.61. The molecule has 0 aliphatic carbocycles. The van der Waals surface area contributed by atoms with Crippen molar-refractivity contribution in [1.82, 2.24) is 0 Å². The van der Waals surface area contributed by atoms with E-state index in [1.54, 1.807) is 12.1 Å². The summed E-state index contributed by atoms with van der Waals surface area (Å²) in [4.78, 5) is 0. The average Bonchev–Trinajstić information content (AvgIpc) is 1.95. The van der Waals surface area contributed by atoms with Gasteiger partial charge in [-0.1, -0.05) is 6.07 Å². The lowest BCUT2D eigenvalue weighted by Gasteiger charge is -1.98. The van der Waals surface area contributed by atoms with Gasteiger partial charge in [-0.3, -0.25) is 0 Å². The zero-order valence-corrected chi connectivity index (χ0v) is 6.24. The molecule has 0 fully saturated rings. The van der Waals surface area contributed by atoms with Crippen molar-refractivity contribution in [3.8, 4) is 0 Å². The Kier molecular flexibility index (Phi) is 2.17. The summed E-state index contributed by atoms with van der Waals surface area (Å²) in [5, 5.41) is 0. The van der Waals surface area contributed by atoms with Gasteiger partial charge in [0.05, 0.1) is 5.69 Å². The fourth-order valence-corrected chi connectivity index (χ4v) is 0.888. The van der Waals surface area contributed by atoms with Crippen LogP contribution in [0.5, 0.6) is 0 Å². The third-order valence-electron chi connectivity index (χ3n) is 1.24. The van der Waals surface area contributed by atoms with Crippen LogP contribution in [-0.4, -0.2) is 0 Å². The van der Waals surface area contributed by atoms with E-state index in [2.05, 4.69) is 12.6 Å². The number of hydrogen-bond acceptors (Lipinski definition) is 2. The van der Waals surface area contributed by atoms with Gasteiger partial charge in [-0.25, -0.2) is 4.39 Å². The Morgan fingerprint density at radius 2 is 2.20 bits per heavy atom. The normalized spacial score (nSPS) is 9.80. The van der Waals surface area contributed by atoms with Gasteiger partial charge in [0.25, 0.3) is 0 Å². The van der Waals surface area contributed by atoms with Gasteiger partial charge in [-0.15, -0.1) is 0 Å². The summed E-state index contributed by atoms with van der Waals surface area (Å²) in [7, 11) is 0. The molecule has 0 saturated carbocycles. The lowest BCUT2D eigenvalue weighted by molar-refractivity contribution is 0.632. The average molecular weight is 157 g/mol. The van der Waals surface area contributed by atoms with Crippen LogP contribution in [0.2, 0.25) is 0 Å². The molecule has 0 bridgehead atoms. The summed E-state index contributed by atoms with van der Waals surface area (Å²) in [5.41, 5.74) is 6.41. The summed E-state index contributed by atoms with van der Waals surface area (Å²) in [6.07, 6.45) is 0. The maximum absolute atomic E-state index is 12.5. The zero-order valence-electron chi connectivity index (χ0n) is 5.34. The van der Waals surface area contributed by atoms with Crippen molar-refractivity contribution in [3.05, 3.63) is 29.6 Å². The highest BCUT2D eigenvalue weighted by Crippen LogP contribution is 2.13. The van der Waals surface area contributed by atoms with Gasteiger partial charge in [0.15, 0.2) is 0 Å². The summed E-state index contributed by atoms with van der Waals surface area (Å²) in [6.45, 7) is 0. The molecule has 2 N–H and O–H groups in total. The molecule has 1 nitrogen and oxygen atoms in total. The quantitative estimate of drug-likeness (QED) is 0.472. The molecule has 0 aromatic heterocycles.